The van der Waals surface area contributed by atoms with E-state index in [0.29, 0.717) is 0 Å². The molecule has 1 atom stereocenters. The molecule has 134 valence electrons. The number of anilines is 1. The van der Waals surface area contributed by atoms with E-state index in [-0.39, 0.29) is 17.6 Å². The van der Waals surface area contributed by atoms with Crippen LogP contribution in [0, 0.1) is 0 Å². The molecule has 0 aliphatic carbocycles. The number of esters is 1. The minimum Gasteiger partial charge on any atom is -0.478 e. The largest absolute Gasteiger partial charge is 0.478 e. The number of ether oxygens (including phenoxy) is 1. The summed E-state index contributed by atoms with van der Waals surface area (Å²) in [6, 6.07) is 16.8. The Morgan fingerprint density at radius 1 is 1.08 bits per heavy atom. The lowest BCUT2D eigenvalue weighted by Crippen LogP contribution is -2.27. The number of hydrogen-bond donors (Lipinski definition) is 2. The highest BCUT2D eigenvalue weighted by atomic mass is 16.5. The second kappa shape index (κ2) is 9.17. The third kappa shape index (κ3) is 5.04. The van der Waals surface area contributed by atoms with Crippen LogP contribution in [0.4, 0.5) is 5.69 Å². The highest BCUT2D eigenvalue weighted by Crippen LogP contribution is 2.23. The standard InChI is InChI=1S/C14H15NO2.C6H5NO2/c1-10(14(16)17-2)15-13-9-5-7-11-6-3-4-8-12(11)13;8-6(9)5-2-1-3-7-4-5/h3-10,15H,1-2H3;1-4H,(H,8,9). The predicted octanol–water partition coefficient (Wildman–Crippen LogP) is 3.59. The normalized spacial score (nSPS) is 11.0. The first kappa shape index (κ1) is 18.9. The van der Waals surface area contributed by atoms with E-state index >= 15 is 0 Å². The van der Waals surface area contributed by atoms with Gasteiger partial charge in [-0.05, 0) is 30.5 Å². The fourth-order valence-electron chi connectivity index (χ4n) is 2.31. The Balaban J connectivity index is 0.000000228. The van der Waals surface area contributed by atoms with E-state index in [1.54, 1.807) is 13.0 Å². The van der Waals surface area contributed by atoms with E-state index in [4.69, 9.17) is 9.84 Å². The van der Waals surface area contributed by atoms with Crippen molar-refractivity contribution in [3.8, 4) is 0 Å². The summed E-state index contributed by atoms with van der Waals surface area (Å²) in [6.45, 7) is 1.79. The van der Waals surface area contributed by atoms with E-state index in [9.17, 15) is 9.59 Å². The summed E-state index contributed by atoms with van der Waals surface area (Å²) in [5.74, 6) is -1.21. The van der Waals surface area contributed by atoms with E-state index in [1.165, 1.54) is 25.6 Å². The summed E-state index contributed by atoms with van der Waals surface area (Å²) >= 11 is 0. The number of nitrogens with one attached hydrogen (secondary N) is 1. The number of nitrogens with zero attached hydrogens (tertiary/aromatic N) is 1. The van der Waals surface area contributed by atoms with Gasteiger partial charge in [0.1, 0.15) is 6.04 Å². The Morgan fingerprint density at radius 3 is 2.42 bits per heavy atom. The maximum Gasteiger partial charge on any atom is 0.337 e. The van der Waals surface area contributed by atoms with Gasteiger partial charge in [-0.25, -0.2) is 9.59 Å². The van der Waals surface area contributed by atoms with Crippen LogP contribution in [0.25, 0.3) is 10.8 Å². The zero-order chi connectivity index (χ0) is 18.9. The molecule has 0 spiro atoms. The summed E-state index contributed by atoms with van der Waals surface area (Å²) in [4.78, 5) is 25.2. The Labute approximate surface area is 151 Å². The van der Waals surface area contributed by atoms with Crippen LogP contribution in [-0.2, 0) is 9.53 Å². The van der Waals surface area contributed by atoms with Gasteiger partial charge in [0.05, 0.1) is 12.7 Å². The number of pyridine rings is 1. The van der Waals surface area contributed by atoms with Crippen LogP contribution in [-0.4, -0.2) is 35.2 Å². The molecule has 3 aromatic rings. The molecule has 0 saturated heterocycles. The average molecular weight is 352 g/mol. The fourth-order valence-corrected chi connectivity index (χ4v) is 2.31. The van der Waals surface area contributed by atoms with Crippen LogP contribution in [0.15, 0.2) is 67.0 Å². The number of carboxylic acids is 1. The maximum absolute atomic E-state index is 11.4. The fraction of sp³-hybridized carbons (Fsp3) is 0.150. The number of carbonyl (C=O) groups is 2. The molecule has 2 aromatic carbocycles. The molecule has 1 unspecified atom stereocenters. The molecule has 0 aliphatic heterocycles. The number of hydrogen-bond acceptors (Lipinski definition) is 5. The van der Waals surface area contributed by atoms with Crippen molar-refractivity contribution in [1.82, 2.24) is 4.98 Å². The van der Waals surface area contributed by atoms with Gasteiger partial charge in [-0.2, -0.15) is 0 Å². The summed E-state index contributed by atoms with van der Waals surface area (Å²) in [7, 11) is 1.39. The van der Waals surface area contributed by atoms with Gasteiger partial charge in [0.2, 0.25) is 0 Å². The lowest BCUT2D eigenvalue weighted by molar-refractivity contribution is -0.141. The average Bonchev–Trinajstić information content (AvgIpc) is 2.68. The number of carbonyl (C=O) groups excluding carboxylic acids is 1. The highest BCUT2D eigenvalue weighted by molar-refractivity contribution is 5.95. The second-order valence-corrected chi connectivity index (χ2v) is 5.46. The smallest absolute Gasteiger partial charge is 0.337 e. The second-order valence-electron chi connectivity index (χ2n) is 5.46. The predicted molar refractivity (Wildman–Crippen MR) is 100 cm³/mol. The van der Waals surface area contributed by atoms with Gasteiger partial charge in [0.15, 0.2) is 0 Å². The lowest BCUT2D eigenvalue weighted by atomic mass is 10.1. The zero-order valence-electron chi connectivity index (χ0n) is 14.5. The molecule has 6 heteroatoms. The van der Waals surface area contributed by atoms with Gasteiger partial charge in [-0.15, -0.1) is 0 Å². The zero-order valence-corrected chi connectivity index (χ0v) is 14.5. The molecule has 0 amide bonds. The van der Waals surface area contributed by atoms with Crippen LogP contribution >= 0.6 is 0 Å². The maximum atomic E-state index is 11.4. The molecule has 0 bridgehead atoms. The Bertz CT molecular complexity index is 876. The van der Waals surface area contributed by atoms with E-state index in [0.717, 1.165) is 16.5 Å². The molecule has 1 heterocycles. The molecule has 2 N–H and O–H groups in total. The Kier molecular flexibility index (Phi) is 6.68. The van der Waals surface area contributed by atoms with Crippen molar-refractivity contribution in [2.24, 2.45) is 0 Å². The topological polar surface area (TPSA) is 88.5 Å². The quantitative estimate of drug-likeness (QED) is 0.698. The minimum absolute atomic E-state index is 0.220. The SMILES string of the molecule is COC(=O)C(C)Nc1cccc2ccccc12.O=C(O)c1cccnc1. The summed E-state index contributed by atoms with van der Waals surface area (Å²) in [5.41, 5.74) is 1.17. The van der Waals surface area contributed by atoms with E-state index in [2.05, 4.69) is 10.3 Å². The summed E-state index contributed by atoms with van der Waals surface area (Å²) in [6.07, 6.45) is 2.84. The molecule has 0 fully saturated rings. The number of benzene rings is 2. The third-order valence-electron chi connectivity index (χ3n) is 3.62. The van der Waals surface area contributed by atoms with Gasteiger partial charge in [0.25, 0.3) is 0 Å². The molecular formula is C20H20N2O4. The van der Waals surface area contributed by atoms with E-state index in [1.807, 2.05) is 42.5 Å². The van der Waals surface area contributed by atoms with Crippen LogP contribution in [0.2, 0.25) is 0 Å². The first-order valence-corrected chi connectivity index (χ1v) is 7.98. The number of aromatic carboxylic acids is 1. The molecular weight excluding hydrogens is 332 g/mol. The third-order valence-corrected chi connectivity index (χ3v) is 3.62. The molecule has 0 aliphatic rings. The van der Waals surface area contributed by atoms with Crippen molar-refractivity contribution >= 4 is 28.4 Å². The van der Waals surface area contributed by atoms with Gasteiger partial charge in [-0.1, -0.05) is 36.4 Å². The number of rotatable bonds is 4. The summed E-state index contributed by atoms with van der Waals surface area (Å²) < 4.78 is 4.69. The van der Waals surface area contributed by atoms with Crippen LogP contribution < -0.4 is 5.32 Å². The minimum atomic E-state index is -0.942. The molecule has 0 saturated carbocycles. The van der Waals surface area contributed by atoms with Crippen molar-refractivity contribution in [3.05, 3.63) is 72.6 Å². The number of fused-ring (bicyclic) bond motifs is 1. The number of carboxylic acid groups (broad SMARTS) is 1. The Hall–Kier alpha value is -3.41. The lowest BCUT2D eigenvalue weighted by Gasteiger charge is -2.14. The summed E-state index contributed by atoms with van der Waals surface area (Å²) in [5, 5.41) is 13.8. The van der Waals surface area contributed by atoms with Gasteiger partial charge < -0.3 is 15.2 Å². The van der Waals surface area contributed by atoms with E-state index < -0.39 is 5.97 Å². The van der Waals surface area contributed by atoms with Crippen molar-refractivity contribution in [3.63, 3.8) is 0 Å². The molecule has 26 heavy (non-hydrogen) atoms. The van der Waals surface area contributed by atoms with Gasteiger partial charge in [-0.3, -0.25) is 4.98 Å². The molecule has 0 radical (unpaired) electrons. The monoisotopic (exact) mass is 352 g/mol. The first-order chi connectivity index (χ1) is 12.5. The van der Waals surface area contributed by atoms with Crippen molar-refractivity contribution < 1.29 is 19.4 Å². The van der Waals surface area contributed by atoms with Crippen LogP contribution in [0.3, 0.4) is 0 Å². The molecule has 3 rings (SSSR count). The molecule has 1 aromatic heterocycles. The highest BCUT2D eigenvalue weighted by Gasteiger charge is 2.13. The first-order valence-electron chi connectivity index (χ1n) is 7.98. The van der Waals surface area contributed by atoms with Crippen molar-refractivity contribution in [1.29, 1.82) is 0 Å². The number of methoxy groups -OCH3 is 1. The van der Waals surface area contributed by atoms with Gasteiger partial charge in [0, 0.05) is 23.5 Å². The van der Waals surface area contributed by atoms with Crippen LogP contribution in [0.1, 0.15) is 17.3 Å². The van der Waals surface area contributed by atoms with Crippen LogP contribution in [0.5, 0.6) is 0 Å². The van der Waals surface area contributed by atoms with Gasteiger partial charge >= 0.3 is 11.9 Å². The molecule has 6 nitrogen and oxygen atoms in total. The Morgan fingerprint density at radius 2 is 1.81 bits per heavy atom. The number of aromatic nitrogens is 1. The van der Waals surface area contributed by atoms with Crippen molar-refractivity contribution in [2.45, 2.75) is 13.0 Å². The van der Waals surface area contributed by atoms with Crippen molar-refractivity contribution in [2.75, 3.05) is 12.4 Å².